The fraction of sp³-hybridized carbons (Fsp3) is 0.167. The monoisotopic (exact) mass is 403 g/mol. The zero-order valence-corrected chi connectivity index (χ0v) is 15.9. The molecule has 1 aromatic heterocycles. The largest absolute Gasteiger partial charge is 0.325 e. The molecule has 1 aliphatic rings. The van der Waals surface area contributed by atoms with Crippen LogP contribution >= 0.6 is 34.7 Å². The van der Waals surface area contributed by atoms with Crippen LogP contribution in [0, 0.1) is 11.3 Å². The molecule has 132 valence electrons. The van der Waals surface area contributed by atoms with Crippen molar-refractivity contribution in [1.29, 1.82) is 5.26 Å². The third-order valence-corrected chi connectivity index (χ3v) is 5.94. The quantitative estimate of drug-likeness (QED) is 0.786. The number of carbonyl (C=O) groups excluding carboxylic acids is 2. The molecule has 0 unspecified atom stereocenters. The van der Waals surface area contributed by atoms with Crippen LogP contribution in [0.15, 0.2) is 52.4 Å². The van der Waals surface area contributed by atoms with Crippen molar-refractivity contribution in [2.24, 2.45) is 0 Å². The fourth-order valence-electron chi connectivity index (χ4n) is 2.57. The summed E-state index contributed by atoms with van der Waals surface area (Å²) < 4.78 is 0. The Balaban J connectivity index is 1.71. The number of amides is 2. The van der Waals surface area contributed by atoms with Crippen LogP contribution in [0.1, 0.15) is 17.2 Å². The summed E-state index contributed by atoms with van der Waals surface area (Å²) in [5.41, 5.74) is 1.09. The molecule has 0 saturated heterocycles. The maximum atomic E-state index is 12.2. The van der Waals surface area contributed by atoms with Crippen LogP contribution in [0.5, 0.6) is 0 Å². The van der Waals surface area contributed by atoms with Crippen LogP contribution < -0.4 is 10.6 Å². The smallest absolute Gasteiger partial charge is 0.234 e. The Bertz CT molecular complexity index is 903. The van der Waals surface area contributed by atoms with Gasteiger partial charge in [-0.1, -0.05) is 35.5 Å². The van der Waals surface area contributed by atoms with Crippen LogP contribution in [0.2, 0.25) is 5.02 Å². The van der Waals surface area contributed by atoms with Crippen molar-refractivity contribution >= 4 is 52.2 Å². The van der Waals surface area contributed by atoms with Crippen molar-refractivity contribution in [2.45, 2.75) is 12.3 Å². The molecule has 1 atom stereocenters. The maximum Gasteiger partial charge on any atom is 0.234 e. The number of rotatable bonds is 5. The van der Waals surface area contributed by atoms with Gasteiger partial charge in [-0.3, -0.25) is 9.59 Å². The van der Waals surface area contributed by atoms with Crippen LogP contribution in [-0.2, 0) is 9.59 Å². The fourth-order valence-corrected chi connectivity index (χ4v) is 4.47. The average Bonchev–Trinajstić information content (AvgIpc) is 3.14. The van der Waals surface area contributed by atoms with Crippen molar-refractivity contribution in [1.82, 2.24) is 5.32 Å². The minimum absolute atomic E-state index is 0.0739. The van der Waals surface area contributed by atoms with E-state index in [1.54, 1.807) is 24.3 Å². The molecule has 3 rings (SSSR count). The predicted molar refractivity (Wildman–Crippen MR) is 105 cm³/mol. The number of carbonyl (C=O) groups is 2. The molecule has 0 spiro atoms. The highest BCUT2D eigenvalue weighted by atomic mass is 35.5. The second-order valence-corrected chi connectivity index (χ2v) is 7.92. The van der Waals surface area contributed by atoms with Gasteiger partial charge in [-0.25, -0.2) is 0 Å². The van der Waals surface area contributed by atoms with Crippen molar-refractivity contribution in [3.05, 3.63) is 62.3 Å². The number of hydrogen-bond donors (Lipinski definition) is 2. The number of thioether (sulfide) groups is 1. The molecule has 26 heavy (non-hydrogen) atoms. The minimum Gasteiger partial charge on any atom is -0.325 e. The van der Waals surface area contributed by atoms with E-state index < -0.39 is 0 Å². The maximum absolute atomic E-state index is 12.2. The second kappa shape index (κ2) is 8.41. The lowest BCUT2D eigenvalue weighted by Gasteiger charge is -2.23. The molecule has 0 bridgehead atoms. The molecule has 0 saturated carbocycles. The van der Waals surface area contributed by atoms with Gasteiger partial charge < -0.3 is 10.6 Å². The standard InChI is InChI=1S/C18H14ClN3O2S2/c19-11-3-1-4-12(7-11)21-17(24)10-26-18-14(9-20)13(8-16(23)22-18)15-5-2-6-25-15/h1-7,13H,8,10H2,(H,21,24)(H,22,23)/t13-/m0/s1. The minimum atomic E-state index is -0.257. The van der Waals surface area contributed by atoms with E-state index in [0.29, 0.717) is 21.3 Å². The first-order valence-corrected chi connectivity index (χ1v) is 9.97. The molecule has 2 heterocycles. The number of nitrogens with one attached hydrogen (secondary N) is 2. The van der Waals surface area contributed by atoms with Gasteiger partial charge in [0.25, 0.3) is 0 Å². The molecule has 8 heteroatoms. The summed E-state index contributed by atoms with van der Waals surface area (Å²) in [5.74, 6) is -0.577. The highest BCUT2D eigenvalue weighted by Gasteiger charge is 2.30. The summed E-state index contributed by atoms with van der Waals surface area (Å²) in [4.78, 5) is 25.2. The summed E-state index contributed by atoms with van der Waals surface area (Å²) in [7, 11) is 0. The molecule has 2 aromatic rings. The van der Waals surface area contributed by atoms with Gasteiger partial charge in [-0.2, -0.15) is 5.26 Å². The summed E-state index contributed by atoms with van der Waals surface area (Å²) >= 11 is 8.56. The van der Waals surface area contributed by atoms with Gasteiger partial charge in [-0.05, 0) is 29.6 Å². The van der Waals surface area contributed by atoms with Crippen molar-refractivity contribution in [3.8, 4) is 6.07 Å². The van der Waals surface area contributed by atoms with E-state index >= 15 is 0 Å². The Labute approximate surface area is 164 Å². The van der Waals surface area contributed by atoms with Crippen LogP contribution in [0.25, 0.3) is 0 Å². The first kappa shape index (κ1) is 18.5. The molecule has 0 fully saturated rings. The van der Waals surface area contributed by atoms with Gasteiger partial charge in [0.2, 0.25) is 11.8 Å². The Morgan fingerprint density at radius 1 is 1.42 bits per heavy atom. The zero-order chi connectivity index (χ0) is 18.5. The molecular formula is C18H14ClN3O2S2. The number of benzene rings is 1. The van der Waals surface area contributed by atoms with Gasteiger partial charge in [0.05, 0.1) is 22.4 Å². The number of nitriles is 1. The topological polar surface area (TPSA) is 82.0 Å². The Kier molecular flexibility index (Phi) is 5.99. The van der Waals surface area contributed by atoms with Crippen LogP contribution in [0.3, 0.4) is 0 Å². The number of thiophene rings is 1. The van der Waals surface area contributed by atoms with Crippen LogP contribution in [0.4, 0.5) is 5.69 Å². The van der Waals surface area contributed by atoms with E-state index in [1.165, 1.54) is 11.3 Å². The highest BCUT2D eigenvalue weighted by molar-refractivity contribution is 8.03. The van der Waals surface area contributed by atoms with Gasteiger partial charge in [-0.15, -0.1) is 11.3 Å². The van der Waals surface area contributed by atoms with Gasteiger partial charge in [0.1, 0.15) is 0 Å². The van der Waals surface area contributed by atoms with E-state index in [2.05, 4.69) is 16.7 Å². The Hall–Kier alpha value is -2.27. The normalized spacial score (nSPS) is 16.8. The third-order valence-electron chi connectivity index (χ3n) is 3.70. The first-order valence-electron chi connectivity index (χ1n) is 7.72. The molecule has 0 radical (unpaired) electrons. The van der Waals surface area contributed by atoms with Crippen LogP contribution in [-0.4, -0.2) is 17.6 Å². The first-order chi connectivity index (χ1) is 12.6. The summed E-state index contributed by atoms with van der Waals surface area (Å²) in [5, 5.41) is 17.9. The van der Waals surface area contributed by atoms with E-state index in [4.69, 9.17) is 11.6 Å². The third kappa shape index (κ3) is 4.47. The summed E-state index contributed by atoms with van der Waals surface area (Å²) in [6, 6.07) is 12.9. The van der Waals surface area contributed by atoms with Crippen molar-refractivity contribution < 1.29 is 9.59 Å². The summed E-state index contributed by atoms with van der Waals surface area (Å²) in [6.45, 7) is 0. The SMILES string of the molecule is N#CC1=C(SCC(=O)Nc2cccc(Cl)c2)NC(=O)C[C@@H]1c1cccs1. The summed E-state index contributed by atoms with van der Waals surface area (Å²) in [6.07, 6.45) is 0.238. The molecule has 5 nitrogen and oxygen atoms in total. The predicted octanol–water partition coefficient (Wildman–Crippen LogP) is 4.11. The molecule has 2 amide bonds. The lowest BCUT2D eigenvalue weighted by Crippen LogP contribution is -2.31. The van der Waals surface area contributed by atoms with E-state index in [0.717, 1.165) is 16.6 Å². The van der Waals surface area contributed by atoms with Gasteiger partial charge in [0.15, 0.2) is 0 Å². The second-order valence-electron chi connectivity index (χ2n) is 5.52. The molecule has 2 N–H and O–H groups in total. The molecule has 1 aliphatic heterocycles. The van der Waals surface area contributed by atoms with E-state index in [-0.39, 0.29) is 29.9 Å². The van der Waals surface area contributed by atoms with Gasteiger partial charge in [0, 0.05) is 27.9 Å². The van der Waals surface area contributed by atoms with Crippen molar-refractivity contribution in [3.63, 3.8) is 0 Å². The lowest BCUT2D eigenvalue weighted by molar-refractivity contribution is -0.121. The molecule has 0 aliphatic carbocycles. The Morgan fingerprint density at radius 3 is 2.96 bits per heavy atom. The molecular weight excluding hydrogens is 390 g/mol. The van der Waals surface area contributed by atoms with Crippen molar-refractivity contribution in [2.75, 3.05) is 11.1 Å². The van der Waals surface area contributed by atoms with E-state index in [1.807, 2.05) is 17.5 Å². The number of nitrogens with zero attached hydrogens (tertiary/aromatic N) is 1. The zero-order valence-electron chi connectivity index (χ0n) is 13.5. The number of halogens is 1. The number of allylic oxidation sites excluding steroid dienone is 1. The number of hydrogen-bond acceptors (Lipinski definition) is 5. The highest BCUT2D eigenvalue weighted by Crippen LogP contribution is 2.37. The Morgan fingerprint density at radius 2 is 2.27 bits per heavy atom. The van der Waals surface area contributed by atoms with Gasteiger partial charge >= 0.3 is 0 Å². The number of anilines is 1. The lowest BCUT2D eigenvalue weighted by atomic mass is 9.93. The molecule has 1 aromatic carbocycles. The average molecular weight is 404 g/mol. The van der Waals surface area contributed by atoms with E-state index in [9.17, 15) is 14.9 Å².